The minimum atomic E-state index is -0.770. The van der Waals surface area contributed by atoms with Crippen molar-refractivity contribution >= 4 is 12.2 Å². The molecular weight excluding hydrogens is 374 g/mol. The molecule has 0 aromatic carbocycles. The van der Waals surface area contributed by atoms with Gasteiger partial charge in [0.05, 0.1) is 6.61 Å². The molecule has 1 saturated carbocycles. The highest BCUT2D eigenvalue weighted by Gasteiger charge is 2.51. The van der Waals surface area contributed by atoms with Crippen molar-refractivity contribution in [3.05, 3.63) is 0 Å². The number of rotatable bonds is 5. The lowest BCUT2D eigenvalue weighted by atomic mass is 9.64. The maximum atomic E-state index is 12.4. The fourth-order valence-electron chi connectivity index (χ4n) is 6.10. The number of hydrogen-bond donors (Lipinski definition) is 1. The number of ether oxygens (including phenoxy) is 2. The fraction of sp³-hybridized carbons (Fsp3) is 0.905. The molecule has 2 amide bonds. The van der Waals surface area contributed by atoms with Crippen LogP contribution in [0.2, 0.25) is 0 Å². The maximum absolute atomic E-state index is 12.4. The predicted molar refractivity (Wildman–Crippen MR) is 107 cm³/mol. The Balaban J connectivity index is 1.22. The number of methoxy groups -OCH3 is 1. The summed E-state index contributed by atoms with van der Waals surface area (Å²) in [4.78, 5) is 29.8. The SMILES string of the molecule is COCCOC(=O)N1CCC[C@H]1C1CCN(C2CC3(CCN(C(=O)O)C3)C2)CC1. The molecule has 1 spiro atoms. The highest BCUT2D eigenvalue weighted by molar-refractivity contribution is 5.68. The first-order valence-electron chi connectivity index (χ1n) is 11.2. The van der Waals surface area contributed by atoms with Gasteiger partial charge in [-0.2, -0.15) is 0 Å². The van der Waals surface area contributed by atoms with Crippen molar-refractivity contribution in [1.29, 1.82) is 0 Å². The van der Waals surface area contributed by atoms with E-state index in [1.807, 2.05) is 4.90 Å². The van der Waals surface area contributed by atoms with Crippen LogP contribution < -0.4 is 0 Å². The number of carboxylic acid groups (broad SMARTS) is 1. The molecule has 8 nitrogen and oxygen atoms in total. The van der Waals surface area contributed by atoms with E-state index in [0.717, 1.165) is 71.1 Å². The third-order valence-corrected chi connectivity index (χ3v) is 7.73. The number of amides is 2. The van der Waals surface area contributed by atoms with Crippen LogP contribution in [0.15, 0.2) is 0 Å². The molecule has 1 N–H and O–H groups in total. The van der Waals surface area contributed by atoms with E-state index in [0.29, 0.717) is 37.8 Å². The van der Waals surface area contributed by atoms with Crippen molar-refractivity contribution in [2.24, 2.45) is 11.3 Å². The zero-order valence-electron chi connectivity index (χ0n) is 17.6. The Morgan fingerprint density at radius 2 is 1.83 bits per heavy atom. The Morgan fingerprint density at radius 3 is 2.48 bits per heavy atom. The van der Waals surface area contributed by atoms with Crippen LogP contribution in [0.4, 0.5) is 9.59 Å². The Hall–Kier alpha value is -1.54. The average molecular weight is 410 g/mol. The van der Waals surface area contributed by atoms with Crippen molar-refractivity contribution in [2.45, 2.75) is 57.0 Å². The molecule has 0 unspecified atom stereocenters. The summed E-state index contributed by atoms with van der Waals surface area (Å²) in [5.41, 5.74) is 0.244. The standard InChI is InChI=1S/C21H35N3O5/c1-28-11-12-29-20(27)24-7-2-3-18(24)16-4-8-22(9-5-16)17-13-21(14-17)6-10-23(15-21)19(25)26/h16-18H,2-15H2,1H3,(H,25,26)/t17?,18-,21?/m0/s1. The summed E-state index contributed by atoms with van der Waals surface area (Å²) in [6.45, 7) is 5.17. The Labute approximate surface area is 173 Å². The van der Waals surface area contributed by atoms with E-state index in [-0.39, 0.29) is 11.5 Å². The van der Waals surface area contributed by atoms with Crippen molar-refractivity contribution in [2.75, 3.05) is 53.0 Å². The third-order valence-electron chi connectivity index (χ3n) is 7.73. The molecule has 0 aromatic rings. The Kier molecular flexibility index (Phi) is 6.20. The second kappa shape index (κ2) is 8.68. The largest absolute Gasteiger partial charge is 0.465 e. The fourth-order valence-corrected chi connectivity index (χ4v) is 6.10. The zero-order chi connectivity index (χ0) is 20.4. The van der Waals surface area contributed by atoms with Gasteiger partial charge < -0.3 is 29.3 Å². The lowest BCUT2D eigenvalue weighted by Crippen LogP contribution is -2.55. The second-order valence-electron chi connectivity index (χ2n) is 9.40. The number of carbonyl (C=O) groups excluding carboxylic acids is 1. The highest BCUT2D eigenvalue weighted by Crippen LogP contribution is 2.50. The number of piperidine rings is 1. The van der Waals surface area contributed by atoms with Crippen LogP contribution in [0, 0.1) is 11.3 Å². The van der Waals surface area contributed by atoms with Gasteiger partial charge in [0.15, 0.2) is 0 Å². The first-order chi connectivity index (χ1) is 14.0. The molecule has 3 heterocycles. The van der Waals surface area contributed by atoms with Gasteiger partial charge in [0, 0.05) is 38.8 Å². The Bertz CT molecular complexity index is 601. The number of nitrogens with zero attached hydrogens (tertiary/aromatic N) is 3. The van der Waals surface area contributed by atoms with Crippen molar-refractivity contribution < 1.29 is 24.2 Å². The molecule has 0 aromatic heterocycles. The van der Waals surface area contributed by atoms with Crippen LogP contribution in [0.3, 0.4) is 0 Å². The Morgan fingerprint density at radius 1 is 1.07 bits per heavy atom. The topological polar surface area (TPSA) is 82.6 Å². The van der Waals surface area contributed by atoms with Gasteiger partial charge >= 0.3 is 12.2 Å². The van der Waals surface area contributed by atoms with E-state index >= 15 is 0 Å². The molecule has 3 aliphatic heterocycles. The van der Waals surface area contributed by atoms with Gasteiger partial charge in [-0.25, -0.2) is 9.59 Å². The van der Waals surface area contributed by atoms with Crippen molar-refractivity contribution in [1.82, 2.24) is 14.7 Å². The molecule has 1 aliphatic carbocycles. The van der Waals surface area contributed by atoms with Gasteiger partial charge in [-0.15, -0.1) is 0 Å². The summed E-state index contributed by atoms with van der Waals surface area (Å²) in [7, 11) is 1.61. The predicted octanol–water partition coefficient (Wildman–Crippen LogP) is 2.48. The lowest BCUT2D eigenvalue weighted by Gasteiger charge is -2.52. The molecule has 0 bridgehead atoms. The third kappa shape index (κ3) is 4.33. The number of hydrogen-bond acceptors (Lipinski definition) is 5. The minimum absolute atomic E-state index is 0.183. The van der Waals surface area contributed by atoms with Crippen LogP contribution in [0.5, 0.6) is 0 Å². The summed E-state index contributed by atoms with van der Waals surface area (Å²) in [5.74, 6) is 0.562. The molecule has 164 valence electrons. The van der Waals surface area contributed by atoms with Gasteiger partial charge in [0.1, 0.15) is 6.61 Å². The summed E-state index contributed by atoms with van der Waals surface area (Å²) >= 11 is 0. The maximum Gasteiger partial charge on any atom is 0.410 e. The monoisotopic (exact) mass is 409 g/mol. The second-order valence-corrected chi connectivity index (χ2v) is 9.40. The minimum Gasteiger partial charge on any atom is -0.465 e. The molecule has 0 radical (unpaired) electrons. The summed E-state index contributed by atoms with van der Waals surface area (Å²) in [6.07, 6.45) is 6.77. The molecule has 3 saturated heterocycles. The van der Waals surface area contributed by atoms with Gasteiger partial charge in [0.2, 0.25) is 0 Å². The van der Waals surface area contributed by atoms with Gasteiger partial charge in [0.25, 0.3) is 0 Å². The average Bonchev–Trinajstić information content (AvgIpc) is 3.35. The molecule has 8 heteroatoms. The van der Waals surface area contributed by atoms with Gasteiger partial charge in [-0.05, 0) is 69.4 Å². The van der Waals surface area contributed by atoms with E-state index < -0.39 is 6.09 Å². The molecular formula is C21H35N3O5. The van der Waals surface area contributed by atoms with Crippen molar-refractivity contribution in [3.8, 4) is 0 Å². The van der Waals surface area contributed by atoms with Crippen LogP contribution in [0.25, 0.3) is 0 Å². The molecule has 4 fully saturated rings. The van der Waals surface area contributed by atoms with Gasteiger partial charge in [-0.1, -0.05) is 0 Å². The highest BCUT2D eigenvalue weighted by atomic mass is 16.6. The van der Waals surface area contributed by atoms with Crippen LogP contribution in [-0.4, -0.2) is 97.1 Å². The van der Waals surface area contributed by atoms with E-state index in [1.165, 1.54) is 0 Å². The molecule has 4 rings (SSSR count). The molecule has 4 aliphatic rings. The summed E-state index contributed by atoms with van der Waals surface area (Å²) < 4.78 is 10.3. The normalized spacial score (nSPS) is 33.3. The van der Waals surface area contributed by atoms with E-state index in [4.69, 9.17) is 9.47 Å². The van der Waals surface area contributed by atoms with Gasteiger partial charge in [-0.3, -0.25) is 0 Å². The summed E-state index contributed by atoms with van der Waals surface area (Å²) in [5, 5.41) is 9.21. The van der Waals surface area contributed by atoms with Crippen LogP contribution in [0.1, 0.15) is 44.9 Å². The van der Waals surface area contributed by atoms with Crippen LogP contribution in [-0.2, 0) is 9.47 Å². The van der Waals surface area contributed by atoms with E-state index in [1.54, 1.807) is 12.0 Å². The quantitative estimate of drug-likeness (QED) is 0.703. The number of carbonyl (C=O) groups is 2. The van der Waals surface area contributed by atoms with Crippen molar-refractivity contribution in [3.63, 3.8) is 0 Å². The van der Waals surface area contributed by atoms with E-state index in [9.17, 15) is 14.7 Å². The first kappa shape index (κ1) is 20.7. The zero-order valence-corrected chi connectivity index (χ0v) is 17.6. The smallest absolute Gasteiger partial charge is 0.410 e. The summed E-state index contributed by atoms with van der Waals surface area (Å²) in [6, 6.07) is 0.933. The van der Waals surface area contributed by atoms with E-state index in [2.05, 4.69) is 4.90 Å². The van der Waals surface area contributed by atoms with Crippen LogP contribution >= 0.6 is 0 Å². The first-order valence-corrected chi connectivity index (χ1v) is 11.2. The number of likely N-dealkylation sites (tertiary alicyclic amines) is 3. The molecule has 29 heavy (non-hydrogen) atoms. The molecule has 1 atom stereocenters. The lowest BCUT2D eigenvalue weighted by molar-refractivity contribution is -0.0156.